The van der Waals surface area contributed by atoms with Crippen molar-refractivity contribution in [2.45, 2.75) is 26.3 Å². The minimum atomic E-state index is -0.455. The van der Waals surface area contributed by atoms with E-state index < -0.39 is 11.9 Å². The lowest BCUT2D eigenvalue weighted by atomic mass is 10.1. The number of carbonyl (C=O) groups excluding carboxylic acids is 2. The van der Waals surface area contributed by atoms with Gasteiger partial charge in [-0.15, -0.1) is 0 Å². The molecule has 1 aromatic rings. The average Bonchev–Trinajstić information content (AvgIpc) is 2.30. The third-order valence-corrected chi connectivity index (χ3v) is 2.45. The highest BCUT2D eigenvalue weighted by Gasteiger charge is 2.15. The van der Waals surface area contributed by atoms with Gasteiger partial charge in [-0.1, -0.05) is 0 Å². The lowest BCUT2D eigenvalue weighted by Crippen LogP contribution is -2.25. The van der Waals surface area contributed by atoms with Crippen molar-refractivity contribution in [3.05, 3.63) is 23.8 Å². The minimum absolute atomic E-state index is 0.173. The molecule has 0 radical (unpaired) electrons. The summed E-state index contributed by atoms with van der Waals surface area (Å²) in [5, 5.41) is 3.05. The molecule has 0 aliphatic carbocycles. The van der Waals surface area contributed by atoms with Gasteiger partial charge in [0.1, 0.15) is 0 Å². The molecule has 1 atom stereocenters. The van der Waals surface area contributed by atoms with Gasteiger partial charge >= 0.3 is 5.97 Å². The van der Waals surface area contributed by atoms with Crippen molar-refractivity contribution in [2.24, 2.45) is 5.73 Å². The Morgan fingerprint density at radius 2 is 2.11 bits per heavy atom. The molecular weight excluding hydrogens is 246 g/mol. The molecule has 0 spiro atoms. The normalized spacial score (nSPS) is 11.7. The number of rotatable bonds is 6. The van der Waals surface area contributed by atoms with E-state index >= 15 is 0 Å². The Bertz CT molecular complexity index is 474. The number of benzene rings is 1. The van der Waals surface area contributed by atoms with Gasteiger partial charge < -0.3 is 21.5 Å². The number of primary amides is 1. The molecule has 0 aliphatic heterocycles. The van der Waals surface area contributed by atoms with Gasteiger partial charge in [0.05, 0.1) is 12.2 Å². The van der Waals surface area contributed by atoms with E-state index in [-0.39, 0.29) is 19.1 Å². The molecule has 1 unspecified atom stereocenters. The van der Waals surface area contributed by atoms with Crippen LogP contribution in [0.3, 0.4) is 0 Å². The quantitative estimate of drug-likeness (QED) is 0.527. The summed E-state index contributed by atoms with van der Waals surface area (Å²) in [6, 6.07) is 4.70. The second-order valence-corrected chi connectivity index (χ2v) is 4.24. The Hall–Kier alpha value is -2.24. The predicted octanol–water partition coefficient (Wildman–Crippen LogP) is 1.12. The predicted molar refractivity (Wildman–Crippen MR) is 73.7 cm³/mol. The topological polar surface area (TPSA) is 107 Å². The molecule has 104 valence electrons. The number of hydrogen-bond donors (Lipinski definition) is 3. The number of ether oxygens (including phenoxy) is 1. The fourth-order valence-corrected chi connectivity index (χ4v) is 1.68. The lowest BCUT2D eigenvalue weighted by Gasteiger charge is -2.16. The van der Waals surface area contributed by atoms with Crippen LogP contribution in [0.2, 0.25) is 0 Å². The van der Waals surface area contributed by atoms with Crippen LogP contribution in [-0.2, 0) is 9.53 Å². The number of nitrogens with two attached hydrogens (primary N) is 2. The maximum atomic E-state index is 11.8. The van der Waals surface area contributed by atoms with Crippen molar-refractivity contribution >= 4 is 23.3 Å². The third kappa shape index (κ3) is 4.50. The number of hydrogen-bond acceptors (Lipinski definition) is 5. The summed E-state index contributed by atoms with van der Waals surface area (Å²) in [7, 11) is 0. The molecule has 6 heteroatoms. The zero-order chi connectivity index (χ0) is 14.4. The Morgan fingerprint density at radius 1 is 1.42 bits per heavy atom. The van der Waals surface area contributed by atoms with Crippen molar-refractivity contribution in [3.63, 3.8) is 0 Å². The van der Waals surface area contributed by atoms with Crippen LogP contribution in [0.5, 0.6) is 0 Å². The Kier molecular flexibility index (Phi) is 5.17. The number of carbonyl (C=O) groups is 2. The number of nitrogen functional groups attached to an aromatic ring is 1. The Labute approximate surface area is 112 Å². The van der Waals surface area contributed by atoms with E-state index in [0.29, 0.717) is 16.9 Å². The number of esters is 1. The van der Waals surface area contributed by atoms with Gasteiger partial charge in [-0.05, 0) is 32.0 Å². The smallest absolute Gasteiger partial charge is 0.340 e. The number of nitrogens with one attached hydrogen (secondary N) is 1. The summed E-state index contributed by atoms with van der Waals surface area (Å²) >= 11 is 0. The molecular formula is C13H19N3O3. The van der Waals surface area contributed by atoms with Gasteiger partial charge in [-0.25, -0.2) is 4.79 Å². The highest BCUT2D eigenvalue weighted by atomic mass is 16.5. The van der Waals surface area contributed by atoms with Crippen molar-refractivity contribution in [1.29, 1.82) is 0 Å². The van der Waals surface area contributed by atoms with Crippen molar-refractivity contribution < 1.29 is 14.3 Å². The molecule has 0 aromatic heterocycles. The van der Waals surface area contributed by atoms with Gasteiger partial charge in [-0.3, -0.25) is 4.79 Å². The standard InChI is InChI=1S/C13H19N3O3/c1-3-19-13(18)10-7-9(14)4-5-11(10)16-8(2)6-12(15)17/h4-5,7-8,16H,3,6,14H2,1-2H3,(H2,15,17). The third-order valence-electron chi connectivity index (χ3n) is 2.45. The molecule has 1 aromatic carbocycles. The molecule has 1 rings (SSSR count). The number of amides is 1. The van der Waals surface area contributed by atoms with Crippen LogP contribution in [0.4, 0.5) is 11.4 Å². The van der Waals surface area contributed by atoms with Crippen LogP contribution >= 0.6 is 0 Å². The second-order valence-electron chi connectivity index (χ2n) is 4.24. The minimum Gasteiger partial charge on any atom is -0.462 e. The molecule has 0 bridgehead atoms. The first-order chi connectivity index (χ1) is 8.93. The van der Waals surface area contributed by atoms with Crippen molar-refractivity contribution in [1.82, 2.24) is 0 Å². The molecule has 0 saturated carbocycles. The van der Waals surface area contributed by atoms with E-state index in [1.165, 1.54) is 6.07 Å². The fourth-order valence-electron chi connectivity index (χ4n) is 1.68. The Balaban J connectivity index is 2.93. The summed E-state index contributed by atoms with van der Waals surface area (Å²) in [6.07, 6.45) is 0.173. The maximum Gasteiger partial charge on any atom is 0.340 e. The zero-order valence-corrected chi connectivity index (χ0v) is 11.1. The first-order valence-corrected chi connectivity index (χ1v) is 6.05. The van der Waals surface area contributed by atoms with E-state index in [0.717, 1.165) is 0 Å². The van der Waals surface area contributed by atoms with E-state index in [4.69, 9.17) is 16.2 Å². The van der Waals surface area contributed by atoms with Gasteiger partial charge in [0.15, 0.2) is 0 Å². The molecule has 19 heavy (non-hydrogen) atoms. The highest BCUT2D eigenvalue weighted by molar-refractivity contribution is 5.96. The lowest BCUT2D eigenvalue weighted by molar-refractivity contribution is -0.118. The van der Waals surface area contributed by atoms with Crippen LogP contribution in [-0.4, -0.2) is 24.5 Å². The van der Waals surface area contributed by atoms with Crippen LogP contribution < -0.4 is 16.8 Å². The summed E-state index contributed by atoms with van der Waals surface area (Å²) in [6.45, 7) is 3.81. The van der Waals surface area contributed by atoms with Gasteiger partial charge in [-0.2, -0.15) is 0 Å². The van der Waals surface area contributed by atoms with Crippen LogP contribution in [0.15, 0.2) is 18.2 Å². The summed E-state index contributed by atoms with van der Waals surface area (Å²) in [4.78, 5) is 22.7. The second kappa shape index (κ2) is 6.63. The van der Waals surface area contributed by atoms with E-state index in [2.05, 4.69) is 5.32 Å². The molecule has 5 N–H and O–H groups in total. The molecule has 1 amide bonds. The van der Waals surface area contributed by atoms with Crippen molar-refractivity contribution in [2.75, 3.05) is 17.7 Å². The largest absolute Gasteiger partial charge is 0.462 e. The van der Waals surface area contributed by atoms with Gasteiger partial charge in [0.25, 0.3) is 0 Å². The molecule has 0 saturated heterocycles. The average molecular weight is 265 g/mol. The van der Waals surface area contributed by atoms with E-state index in [1.807, 2.05) is 0 Å². The fraction of sp³-hybridized carbons (Fsp3) is 0.385. The highest BCUT2D eigenvalue weighted by Crippen LogP contribution is 2.21. The Morgan fingerprint density at radius 3 is 2.68 bits per heavy atom. The summed E-state index contributed by atoms with van der Waals surface area (Å²) < 4.78 is 4.96. The van der Waals surface area contributed by atoms with E-state index in [1.54, 1.807) is 26.0 Å². The van der Waals surface area contributed by atoms with Gasteiger partial charge in [0, 0.05) is 23.8 Å². The summed E-state index contributed by atoms with van der Waals surface area (Å²) in [5.74, 6) is -0.864. The first-order valence-electron chi connectivity index (χ1n) is 6.05. The summed E-state index contributed by atoms with van der Waals surface area (Å²) in [5.41, 5.74) is 12.2. The van der Waals surface area contributed by atoms with Crippen molar-refractivity contribution in [3.8, 4) is 0 Å². The van der Waals surface area contributed by atoms with Crippen LogP contribution in [0.1, 0.15) is 30.6 Å². The van der Waals surface area contributed by atoms with E-state index in [9.17, 15) is 9.59 Å². The van der Waals surface area contributed by atoms with Crippen LogP contribution in [0.25, 0.3) is 0 Å². The molecule has 0 aliphatic rings. The monoisotopic (exact) mass is 265 g/mol. The van der Waals surface area contributed by atoms with Gasteiger partial charge in [0.2, 0.25) is 5.91 Å². The SMILES string of the molecule is CCOC(=O)c1cc(N)ccc1NC(C)CC(N)=O. The maximum absolute atomic E-state index is 11.8. The van der Waals surface area contributed by atoms with Crippen LogP contribution in [0, 0.1) is 0 Å². The molecule has 0 heterocycles. The number of anilines is 2. The molecule has 6 nitrogen and oxygen atoms in total. The first kappa shape index (κ1) is 14.8. The molecule has 0 fully saturated rings. The zero-order valence-electron chi connectivity index (χ0n) is 11.1.